The average molecular weight is 354 g/mol. The van der Waals surface area contributed by atoms with Crippen LogP contribution in [0.4, 0.5) is 0 Å². The Bertz CT molecular complexity index is 496. The standard InChI is InChI=1S/C17H24BrNO2/c1-12(2)10-19(15-5-3-4-6-15)11-14-8-7-13(17(20)21)9-16(14)18/h7-9,12,15H,3-6,10-11H2,1-2H3,(H,20,21). The molecule has 1 aliphatic carbocycles. The third kappa shape index (κ3) is 4.55. The van der Waals surface area contributed by atoms with Crippen LogP contribution in [-0.4, -0.2) is 28.6 Å². The Morgan fingerprint density at radius 2 is 2.05 bits per heavy atom. The van der Waals surface area contributed by atoms with Crippen LogP contribution in [0.2, 0.25) is 0 Å². The number of carboxylic acid groups (broad SMARTS) is 1. The minimum absolute atomic E-state index is 0.335. The van der Waals surface area contributed by atoms with Gasteiger partial charge in [0.1, 0.15) is 0 Å². The summed E-state index contributed by atoms with van der Waals surface area (Å²) in [6.45, 7) is 6.50. The van der Waals surface area contributed by atoms with E-state index in [-0.39, 0.29) is 0 Å². The first-order valence-electron chi connectivity index (χ1n) is 7.73. The molecule has 0 bridgehead atoms. The minimum atomic E-state index is -0.878. The summed E-state index contributed by atoms with van der Waals surface area (Å²) in [5.74, 6) is -0.236. The lowest BCUT2D eigenvalue weighted by Gasteiger charge is -2.30. The number of hydrogen-bond donors (Lipinski definition) is 1. The van der Waals surface area contributed by atoms with Crippen LogP contribution in [0.5, 0.6) is 0 Å². The Hall–Kier alpha value is -0.870. The van der Waals surface area contributed by atoms with Gasteiger partial charge in [-0.05, 0) is 36.5 Å². The van der Waals surface area contributed by atoms with Crippen molar-refractivity contribution in [1.82, 2.24) is 4.90 Å². The van der Waals surface area contributed by atoms with Crippen molar-refractivity contribution in [1.29, 1.82) is 0 Å². The first kappa shape index (κ1) is 16.5. The number of rotatable bonds is 6. The largest absolute Gasteiger partial charge is 0.478 e. The highest BCUT2D eigenvalue weighted by atomic mass is 79.9. The third-order valence-electron chi connectivity index (χ3n) is 4.11. The lowest BCUT2D eigenvalue weighted by Crippen LogP contribution is -2.35. The monoisotopic (exact) mass is 353 g/mol. The normalized spacial score (nSPS) is 16.0. The SMILES string of the molecule is CC(C)CN(Cc1ccc(C(=O)O)cc1Br)C1CCCC1. The van der Waals surface area contributed by atoms with Gasteiger partial charge < -0.3 is 5.11 Å². The molecule has 116 valence electrons. The van der Waals surface area contributed by atoms with Crippen molar-refractivity contribution in [3.8, 4) is 0 Å². The molecular formula is C17H24BrNO2. The molecule has 0 unspecified atom stereocenters. The van der Waals surface area contributed by atoms with Gasteiger partial charge in [0.25, 0.3) is 0 Å². The molecular weight excluding hydrogens is 330 g/mol. The van der Waals surface area contributed by atoms with Crippen molar-refractivity contribution in [2.24, 2.45) is 5.92 Å². The molecule has 4 heteroatoms. The lowest BCUT2D eigenvalue weighted by molar-refractivity contribution is 0.0696. The van der Waals surface area contributed by atoms with Gasteiger partial charge in [-0.2, -0.15) is 0 Å². The maximum Gasteiger partial charge on any atom is 0.335 e. The zero-order chi connectivity index (χ0) is 15.4. The average Bonchev–Trinajstić information content (AvgIpc) is 2.93. The molecule has 3 nitrogen and oxygen atoms in total. The Morgan fingerprint density at radius 3 is 2.57 bits per heavy atom. The van der Waals surface area contributed by atoms with Crippen LogP contribution in [0.1, 0.15) is 55.5 Å². The molecule has 21 heavy (non-hydrogen) atoms. The van der Waals surface area contributed by atoms with Gasteiger partial charge in [0, 0.05) is 23.6 Å². The van der Waals surface area contributed by atoms with Crippen LogP contribution < -0.4 is 0 Å². The quantitative estimate of drug-likeness (QED) is 0.815. The summed E-state index contributed by atoms with van der Waals surface area (Å²) in [5.41, 5.74) is 1.51. The summed E-state index contributed by atoms with van der Waals surface area (Å²) in [5, 5.41) is 9.04. The Labute approximate surface area is 135 Å². The molecule has 1 aromatic carbocycles. The van der Waals surface area contributed by atoms with Crippen LogP contribution >= 0.6 is 15.9 Å². The second kappa shape index (κ2) is 7.41. The highest BCUT2D eigenvalue weighted by Crippen LogP contribution is 2.28. The number of halogens is 1. The van der Waals surface area contributed by atoms with E-state index in [0.29, 0.717) is 17.5 Å². The van der Waals surface area contributed by atoms with Crippen molar-refractivity contribution < 1.29 is 9.90 Å². The molecule has 0 spiro atoms. The van der Waals surface area contributed by atoms with E-state index in [1.54, 1.807) is 12.1 Å². The van der Waals surface area contributed by atoms with Gasteiger partial charge in [-0.15, -0.1) is 0 Å². The maximum absolute atomic E-state index is 11.0. The summed E-state index contributed by atoms with van der Waals surface area (Å²) in [6.07, 6.45) is 5.24. The highest BCUT2D eigenvalue weighted by Gasteiger charge is 2.23. The first-order valence-corrected chi connectivity index (χ1v) is 8.52. The van der Waals surface area contributed by atoms with E-state index in [1.807, 2.05) is 6.07 Å². The van der Waals surface area contributed by atoms with Crippen LogP contribution in [0.25, 0.3) is 0 Å². The van der Waals surface area contributed by atoms with Crippen molar-refractivity contribution in [2.75, 3.05) is 6.54 Å². The minimum Gasteiger partial charge on any atom is -0.478 e. The summed E-state index contributed by atoms with van der Waals surface area (Å²) in [6, 6.07) is 6.03. The van der Waals surface area contributed by atoms with E-state index in [2.05, 4.69) is 34.7 Å². The molecule has 1 fully saturated rings. The fourth-order valence-corrected chi connectivity index (χ4v) is 3.61. The van der Waals surface area contributed by atoms with E-state index in [4.69, 9.17) is 5.11 Å². The molecule has 1 N–H and O–H groups in total. The number of aromatic carboxylic acids is 1. The van der Waals surface area contributed by atoms with Gasteiger partial charge in [0.05, 0.1) is 5.56 Å². The van der Waals surface area contributed by atoms with Crippen LogP contribution in [0.15, 0.2) is 22.7 Å². The molecule has 0 saturated heterocycles. The zero-order valence-electron chi connectivity index (χ0n) is 12.8. The molecule has 0 amide bonds. The zero-order valence-corrected chi connectivity index (χ0v) is 14.4. The van der Waals surface area contributed by atoms with E-state index in [9.17, 15) is 4.79 Å². The number of hydrogen-bond acceptors (Lipinski definition) is 2. The predicted molar refractivity (Wildman–Crippen MR) is 88.6 cm³/mol. The number of nitrogens with zero attached hydrogens (tertiary/aromatic N) is 1. The third-order valence-corrected chi connectivity index (χ3v) is 4.85. The van der Waals surface area contributed by atoms with E-state index in [0.717, 1.165) is 17.6 Å². The number of carboxylic acids is 1. The summed E-state index contributed by atoms with van der Waals surface area (Å²) < 4.78 is 0.897. The van der Waals surface area contributed by atoms with Gasteiger partial charge in [-0.1, -0.05) is 48.7 Å². The van der Waals surface area contributed by atoms with Crippen LogP contribution in [-0.2, 0) is 6.54 Å². The molecule has 0 atom stereocenters. The molecule has 0 aliphatic heterocycles. The van der Waals surface area contributed by atoms with Crippen molar-refractivity contribution >= 4 is 21.9 Å². The number of carbonyl (C=O) groups is 1. The molecule has 0 aromatic heterocycles. The molecule has 0 radical (unpaired) electrons. The summed E-state index contributed by atoms with van der Waals surface area (Å²) in [4.78, 5) is 13.6. The van der Waals surface area contributed by atoms with Gasteiger partial charge in [-0.25, -0.2) is 4.79 Å². The smallest absolute Gasteiger partial charge is 0.335 e. The maximum atomic E-state index is 11.0. The molecule has 1 aromatic rings. The summed E-state index contributed by atoms with van der Waals surface area (Å²) >= 11 is 3.53. The fraction of sp³-hybridized carbons (Fsp3) is 0.588. The molecule has 0 heterocycles. The van der Waals surface area contributed by atoms with Gasteiger partial charge in [-0.3, -0.25) is 4.90 Å². The second-order valence-electron chi connectivity index (χ2n) is 6.37. The Balaban J connectivity index is 2.13. The topological polar surface area (TPSA) is 40.5 Å². The molecule has 1 aliphatic rings. The van der Waals surface area contributed by atoms with Crippen molar-refractivity contribution in [3.05, 3.63) is 33.8 Å². The van der Waals surface area contributed by atoms with Gasteiger partial charge in [0.15, 0.2) is 0 Å². The van der Waals surface area contributed by atoms with Gasteiger partial charge >= 0.3 is 5.97 Å². The van der Waals surface area contributed by atoms with E-state index in [1.165, 1.54) is 31.2 Å². The van der Waals surface area contributed by atoms with Crippen LogP contribution in [0, 0.1) is 5.92 Å². The van der Waals surface area contributed by atoms with E-state index < -0.39 is 5.97 Å². The van der Waals surface area contributed by atoms with E-state index >= 15 is 0 Å². The first-order chi connectivity index (χ1) is 9.97. The summed E-state index contributed by atoms with van der Waals surface area (Å²) in [7, 11) is 0. The second-order valence-corrected chi connectivity index (χ2v) is 7.23. The fourth-order valence-electron chi connectivity index (χ4n) is 3.11. The Kier molecular flexibility index (Phi) is 5.82. The predicted octanol–water partition coefficient (Wildman–Crippen LogP) is 4.55. The van der Waals surface area contributed by atoms with Crippen molar-refractivity contribution in [2.45, 2.75) is 52.1 Å². The molecule has 2 rings (SSSR count). The number of benzene rings is 1. The lowest BCUT2D eigenvalue weighted by atomic mass is 10.1. The highest BCUT2D eigenvalue weighted by molar-refractivity contribution is 9.10. The van der Waals surface area contributed by atoms with Gasteiger partial charge in [0.2, 0.25) is 0 Å². The van der Waals surface area contributed by atoms with Crippen molar-refractivity contribution in [3.63, 3.8) is 0 Å². The molecule has 1 saturated carbocycles. The Morgan fingerprint density at radius 1 is 1.38 bits per heavy atom. The van der Waals surface area contributed by atoms with Crippen LogP contribution in [0.3, 0.4) is 0 Å².